The van der Waals surface area contributed by atoms with Gasteiger partial charge in [-0.2, -0.15) is 0 Å². The molecule has 4 heteroatoms. The summed E-state index contributed by atoms with van der Waals surface area (Å²) in [5.41, 5.74) is -0.570. The van der Waals surface area contributed by atoms with Crippen molar-refractivity contribution in [3.8, 4) is 0 Å². The van der Waals surface area contributed by atoms with Crippen molar-refractivity contribution in [3.05, 3.63) is 0 Å². The number of methoxy groups -OCH3 is 1. The van der Waals surface area contributed by atoms with E-state index in [0.717, 1.165) is 0 Å². The van der Waals surface area contributed by atoms with Gasteiger partial charge in [0.2, 0.25) is 0 Å². The van der Waals surface area contributed by atoms with Gasteiger partial charge >= 0.3 is 11.9 Å². The van der Waals surface area contributed by atoms with E-state index in [1.165, 1.54) is 14.0 Å². The fourth-order valence-electron chi connectivity index (χ4n) is 0.663. The molecule has 0 aromatic rings. The SMILES string of the molecule is COC(=O)C(C)C(=O)OC(C)(C)C. The zero-order valence-electron chi connectivity index (χ0n) is 8.71. The molecule has 4 nitrogen and oxygen atoms in total. The van der Waals surface area contributed by atoms with Gasteiger partial charge in [0.05, 0.1) is 7.11 Å². The van der Waals surface area contributed by atoms with Crippen molar-refractivity contribution in [2.24, 2.45) is 5.92 Å². The largest absolute Gasteiger partial charge is 0.468 e. The van der Waals surface area contributed by atoms with E-state index < -0.39 is 23.5 Å². The maximum Gasteiger partial charge on any atom is 0.320 e. The Bertz CT molecular complexity index is 202. The van der Waals surface area contributed by atoms with Crippen molar-refractivity contribution in [3.63, 3.8) is 0 Å². The molecule has 0 amide bonds. The number of ether oxygens (including phenoxy) is 2. The zero-order chi connectivity index (χ0) is 10.6. The molecule has 76 valence electrons. The molecule has 13 heavy (non-hydrogen) atoms. The fraction of sp³-hybridized carbons (Fsp3) is 0.778. The van der Waals surface area contributed by atoms with Crippen LogP contribution in [0.2, 0.25) is 0 Å². The fourth-order valence-corrected chi connectivity index (χ4v) is 0.663. The second kappa shape index (κ2) is 4.25. The van der Waals surface area contributed by atoms with Gasteiger partial charge in [0.1, 0.15) is 5.60 Å². The smallest absolute Gasteiger partial charge is 0.320 e. The molecule has 1 unspecified atom stereocenters. The van der Waals surface area contributed by atoms with Gasteiger partial charge in [-0.1, -0.05) is 0 Å². The summed E-state index contributed by atoms with van der Waals surface area (Å²) >= 11 is 0. The van der Waals surface area contributed by atoms with Crippen LogP contribution in [0.3, 0.4) is 0 Å². The van der Waals surface area contributed by atoms with Crippen LogP contribution in [0.5, 0.6) is 0 Å². The molecule has 0 aliphatic rings. The Morgan fingerprint density at radius 3 is 1.92 bits per heavy atom. The van der Waals surface area contributed by atoms with Crippen LogP contribution in [0.25, 0.3) is 0 Å². The Labute approximate surface area is 78.2 Å². The molecule has 0 rings (SSSR count). The maximum absolute atomic E-state index is 11.2. The molecule has 0 fully saturated rings. The molecule has 0 bridgehead atoms. The Balaban J connectivity index is 4.20. The predicted molar refractivity (Wildman–Crippen MR) is 47.0 cm³/mol. The predicted octanol–water partition coefficient (Wildman–Crippen LogP) is 1.14. The highest BCUT2D eigenvalue weighted by molar-refractivity contribution is 5.94. The second-order valence-electron chi connectivity index (χ2n) is 3.78. The van der Waals surface area contributed by atoms with Crippen molar-refractivity contribution >= 4 is 11.9 Å². The van der Waals surface area contributed by atoms with Crippen LogP contribution in [0, 0.1) is 5.92 Å². The van der Waals surface area contributed by atoms with Crippen LogP contribution < -0.4 is 0 Å². The Kier molecular flexibility index (Phi) is 3.91. The van der Waals surface area contributed by atoms with E-state index in [4.69, 9.17) is 4.74 Å². The Morgan fingerprint density at radius 2 is 1.62 bits per heavy atom. The van der Waals surface area contributed by atoms with Gasteiger partial charge in [0.25, 0.3) is 0 Å². The molecule has 0 saturated carbocycles. The molecule has 0 aliphatic carbocycles. The Morgan fingerprint density at radius 1 is 1.15 bits per heavy atom. The first kappa shape index (κ1) is 11.9. The summed E-state index contributed by atoms with van der Waals surface area (Å²) in [7, 11) is 1.24. The molecule has 0 spiro atoms. The number of carbonyl (C=O) groups excluding carboxylic acids is 2. The third-order valence-electron chi connectivity index (χ3n) is 1.32. The van der Waals surface area contributed by atoms with Gasteiger partial charge in [-0.05, 0) is 27.7 Å². The molecular weight excluding hydrogens is 172 g/mol. The van der Waals surface area contributed by atoms with E-state index in [2.05, 4.69) is 4.74 Å². The summed E-state index contributed by atoms with van der Waals surface area (Å²) in [5, 5.41) is 0. The van der Waals surface area contributed by atoms with E-state index in [1.54, 1.807) is 20.8 Å². The number of rotatable bonds is 2. The molecule has 1 atom stereocenters. The van der Waals surface area contributed by atoms with Crippen molar-refractivity contribution in [1.82, 2.24) is 0 Å². The van der Waals surface area contributed by atoms with Gasteiger partial charge in [0.15, 0.2) is 5.92 Å². The quantitative estimate of drug-likeness (QED) is 0.481. The van der Waals surface area contributed by atoms with E-state index in [-0.39, 0.29) is 0 Å². The number of hydrogen-bond acceptors (Lipinski definition) is 4. The highest BCUT2D eigenvalue weighted by Gasteiger charge is 2.27. The van der Waals surface area contributed by atoms with Crippen LogP contribution in [0.1, 0.15) is 27.7 Å². The highest BCUT2D eigenvalue weighted by atomic mass is 16.6. The van der Waals surface area contributed by atoms with Crippen LogP contribution >= 0.6 is 0 Å². The molecule has 0 radical (unpaired) electrons. The third kappa shape index (κ3) is 4.50. The van der Waals surface area contributed by atoms with Gasteiger partial charge < -0.3 is 9.47 Å². The lowest BCUT2D eigenvalue weighted by atomic mass is 10.1. The number of carbonyl (C=O) groups is 2. The van der Waals surface area contributed by atoms with Gasteiger partial charge in [0, 0.05) is 0 Å². The van der Waals surface area contributed by atoms with Gasteiger partial charge in [-0.3, -0.25) is 9.59 Å². The normalized spacial score (nSPS) is 13.3. The first-order valence-electron chi connectivity index (χ1n) is 4.08. The minimum atomic E-state index is -0.857. The van der Waals surface area contributed by atoms with Crippen LogP contribution in [0.4, 0.5) is 0 Å². The van der Waals surface area contributed by atoms with Crippen molar-refractivity contribution in [1.29, 1.82) is 0 Å². The molecule has 0 heterocycles. The number of hydrogen-bond donors (Lipinski definition) is 0. The molecule has 0 aromatic carbocycles. The van der Waals surface area contributed by atoms with Crippen LogP contribution in [-0.4, -0.2) is 24.6 Å². The summed E-state index contributed by atoms with van der Waals surface area (Å²) in [6.07, 6.45) is 0. The van der Waals surface area contributed by atoms with Crippen molar-refractivity contribution in [2.45, 2.75) is 33.3 Å². The molecule has 0 N–H and O–H groups in total. The monoisotopic (exact) mass is 188 g/mol. The van der Waals surface area contributed by atoms with Crippen LogP contribution in [-0.2, 0) is 19.1 Å². The maximum atomic E-state index is 11.2. The second-order valence-corrected chi connectivity index (χ2v) is 3.78. The number of esters is 2. The van der Waals surface area contributed by atoms with Gasteiger partial charge in [-0.25, -0.2) is 0 Å². The average Bonchev–Trinajstić information content (AvgIpc) is 1.98. The lowest BCUT2D eigenvalue weighted by Gasteiger charge is -2.21. The third-order valence-corrected chi connectivity index (χ3v) is 1.32. The minimum Gasteiger partial charge on any atom is -0.468 e. The van der Waals surface area contributed by atoms with Crippen molar-refractivity contribution < 1.29 is 19.1 Å². The van der Waals surface area contributed by atoms with E-state index in [1.807, 2.05) is 0 Å². The summed E-state index contributed by atoms with van der Waals surface area (Å²) in [4.78, 5) is 22.2. The summed E-state index contributed by atoms with van der Waals surface area (Å²) in [5.74, 6) is -1.99. The molecular formula is C9H16O4. The van der Waals surface area contributed by atoms with E-state index >= 15 is 0 Å². The standard InChI is InChI=1S/C9H16O4/c1-6(7(10)12-5)8(11)13-9(2,3)4/h6H,1-5H3. The lowest BCUT2D eigenvalue weighted by Crippen LogP contribution is -2.31. The molecule has 0 aromatic heterocycles. The zero-order valence-corrected chi connectivity index (χ0v) is 8.71. The van der Waals surface area contributed by atoms with Crippen LogP contribution in [0.15, 0.2) is 0 Å². The summed E-state index contributed by atoms with van der Waals surface area (Å²) in [6, 6.07) is 0. The van der Waals surface area contributed by atoms with E-state index in [0.29, 0.717) is 0 Å². The first-order chi connectivity index (χ1) is 5.78. The highest BCUT2D eigenvalue weighted by Crippen LogP contribution is 2.11. The summed E-state index contributed by atoms with van der Waals surface area (Å²) in [6.45, 7) is 6.69. The lowest BCUT2D eigenvalue weighted by molar-refractivity contribution is -0.167. The minimum absolute atomic E-state index is 0.556. The molecule has 0 aliphatic heterocycles. The van der Waals surface area contributed by atoms with Gasteiger partial charge in [-0.15, -0.1) is 0 Å². The Hall–Kier alpha value is -1.06. The first-order valence-corrected chi connectivity index (χ1v) is 4.08. The summed E-state index contributed by atoms with van der Waals surface area (Å²) < 4.78 is 9.39. The topological polar surface area (TPSA) is 52.6 Å². The van der Waals surface area contributed by atoms with E-state index in [9.17, 15) is 9.59 Å². The molecule has 0 saturated heterocycles. The average molecular weight is 188 g/mol. The van der Waals surface area contributed by atoms with Crippen molar-refractivity contribution in [2.75, 3.05) is 7.11 Å².